The first-order valence-electron chi connectivity index (χ1n) is 5.36. The third kappa shape index (κ3) is 2.93. The summed E-state index contributed by atoms with van der Waals surface area (Å²) in [5, 5.41) is 9.31. The van der Waals surface area contributed by atoms with Gasteiger partial charge in [-0.25, -0.2) is 0 Å². The molecule has 0 atom stereocenters. The molecule has 0 aliphatic carbocycles. The average Bonchev–Trinajstić information content (AvgIpc) is 2.40. The lowest BCUT2D eigenvalue weighted by Crippen LogP contribution is -1.97. The summed E-state index contributed by atoms with van der Waals surface area (Å²) in [6.45, 7) is 0.346. The zero-order valence-corrected chi connectivity index (χ0v) is 10.3. The topological polar surface area (TPSA) is 59.0 Å². The van der Waals surface area contributed by atoms with Gasteiger partial charge in [-0.15, -0.1) is 0 Å². The molecule has 2 rings (SSSR count). The van der Waals surface area contributed by atoms with Crippen molar-refractivity contribution in [2.45, 2.75) is 6.61 Å². The number of anilines is 1. The molecule has 2 N–H and O–H groups in total. The molecule has 0 saturated carbocycles. The monoisotopic (exact) mass is 258 g/mol. The predicted octanol–water partition coefficient (Wildman–Crippen LogP) is 3.37. The van der Waals surface area contributed by atoms with Gasteiger partial charge in [0.15, 0.2) is 0 Å². The van der Waals surface area contributed by atoms with Crippen molar-refractivity contribution in [3.63, 3.8) is 0 Å². The van der Waals surface area contributed by atoms with Crippen LogP contribution in [0.15, 0.2) is 42.5 Å². The summed E-state index contributed by atoms with van der Waals surface area (Å²) in [6.07, 6.45) is 0. The van der Waals surface area contributed by atoms with E-state index in [0.29, 0.717) is 28.6 Å². The van der Waals surface area contributed by atoms with Crippen LogP contribution >= 0.6 is 11.6 Å². The number of halogens is 1. The number of nitrogens with two attached hydrogens (primary N) is 1. The van der Waals surface area contributed by atoms with E-state index in [-0.39, 0.29) is 0 Å². The predicted molar refractivity (Wildman–Crippen MR) is 71.4 cm³/mol. The molecule has 0 radical (unpaired) electrons. The molecule has 0 heterocycles. The van der Waals surface area contributed by atoms with Crippen LogP contribution in [-0.2, 0) is 6.61 Å². The molecular formula is C14H11ClN2O. The van der Waals surface area contributed by atoms with Gasteiger partial charge in [0, 0.05) is 11.8 Å². The number of nitrogens with zero attached hydrogens (tertiary/aromatic N) is 1. The summed E-state index contributed by atoms with van der Waals surface area (Å²) in [5.74, 6) is 0.541. The summed E-state index contributed by atoms with van der Waals surface area (Å²) in [5.41, 5.74) is 7.77. The Kier molecular flexibility index (Phi) is 3.71. The van der Waals surface area contributed by atoms with Crippen molar-refractivity contribution < 1.29 is 4.74 Å². The first-order valence-corrected chi connectivity index (χ1v) is 5.73. The second kappa shape index (κ2) is 5.44. The number of benzene rings is 2. The van der Waals surface area contributed by atoms with Crippen LogP contribution in [0.1, 0.15) is 11.1 Å². The Balaban J connectivity index is 2.11. The smallest absolute Gasteiger partial charge is 0.140 e. The summed E-state index contributed by atoms with van der Waals surface area (Å²) in [7, 11) is 0. The van der Waals surface area contributed by atoms with Crippen LogP contribution < -0.4 is 10.5 Å². The molecule has 0 aromatic heterocycles. The Morgan fingerprint density at radius 2 is 2.06 bits per heavy atom. The molecule has 0 unspecified atom stereocenters. The minimum Gasteiger partial charge on any atom is -0.487 e. The number of ether oxygens (including phenoxy) is 1. The quantitative estimate of drug-likeness (QED) is 0.859. The third-order valence-electron chi connectivity index (χ3n) is 2.41. The number of hydrogen-bond donors (Lipinski definition) is 1. The normalized spacial score (nSPS) is 9.78. The standard InChI is InChI=1S/C14H11ClN2O/c15-13-5-4-12(17)7-14(13)18-9-11-3-1-2-10(6-11)8-16/h1-7H,9,17H2. The Labute approximate surface area is 110 Å². The van der Waals surface area contributed by atoms with Crippen molar-refractivity contribution in [1.82, 2.24) is 0 Å². The molecule has 0 aliphatic heterocycles. The zero-order chi connectivity index (χ0) is 13.0. The fraction of sp³-hybridized carbons (Fsp3) is 0.0714. The molecule has 90 valence electrons. The maximum absolute atomic E-state index is 8.80. The molecule has 2 aromatic carbocycles. The fourth-order valence-corrected chi connectivity index (χ4v) is 1.69. The van der Waals surface area contributed by atoms with Gasteiger partial charge < -0.3 is 10.5 Å². The van der Waals surface area contributed by atoms with E-state index in [0.717, 1.165) is 5.56 Å². The SMILES string of the molecule is N#Cc1cccc(COc2cc(N)ccc2Cl)c1. The minimum absolute atomic E-state index is 0.346. The number of nitrogen functional groups attached to an aromatic ring is 1. The van der Waals surface area contributed by atoms with Crippen LogP contribution in [-0.4, -0.2) is 0 Å². The van der Waals surface area contributed by atoms with Gasteiger partial charge in [-0.1, -0.05) is 23.7 Å². The highest BCUT2D eigenvalue weighted by atomic mass is 35.5. The molecule has 0 spiro atoms. The van der Waals surface area contributed by atoms with Gasteiger partial charge in [-0.3, -0.25) is 0 Å². The zero-order valence-electron chi connectivity index (χ0n) is 9.56. The molecule has 0 aliphatic rings. The highest BCUT2D eigenvalue weighted by Gasteiger charge is 2.03. The molecular weight excluding hydrogens is 248 g/mol. The average molecular weight is 259 g/mol. The van der Waals surface area contributed by atoms with Crippen LogP contribution in [0, 0.1) is 11.3 Å². The van der Waals surface area contributed by atoms with E-state index in [4.69, 9.17) is 27.3 Å². The van der Waals surface area contributed by atoms with Gasteiger partial charge in [0.2, 0.25) is 0 Å². The summed E-state index contributed by atoms with van der Waals surface area (Å²) < 4.78 is 5.58. The molecule has 0 fully saturated rings. The van der Waals surface area contributed by atoms with Crippen molar-refractivity contribution in [3.8, 4) is 11.8 Å². The number of nitriles is 1. The fourth-order valence-electron chi connectivity index (χ4n) is 1.52. The van der Waals surface area contributed by atoms with E-state index in [2.05, 4.69) is 6.07 Å². The minimum atomic E-state index is 0.346. The van der Waals surface area contributed by atoms with Crippen molar-refractivity contribution in [2.24, 2.45) is 0 Å². The summed E-state index contributed by atoms with van der Waals surface area (Å²) in [6, 6.07) is 14.4. The van der Waals surface area contributed by atoms with Crippen LogP contribution in [0.4, 0.5) is 5.69 Å². The van der Waals surface area contributed by atoms with Crippen LogP contribution in [0.2, 0.25) is 5.02 Å². The Morgan fingerprint density at radius 1 is 1.22 bits per heavy atom. The highest BCUT2D eigenvalue weighted by Crippen LogP contribution is 2.27. The lowest BCUT2D eigenvalue weighted by molar-refractivity contribution is 0.306. The Bertz CT molecular complexity index is 605. The van der Waals surface area contributed by atoms with Crippen LogP contribution in [0.25, 0.3) is 0 Å². The van der Waals surface area contributed by atoms with E-state index in [9.17, 15) is 0 Å². The molecule has 0 amide bonds. The van der Waals surface area contributed by atoms with Gasteiger partial charge in [-0.2, -0.15) is 5.26 Å². The number of rotatable bonds is 3. The van der Waals surface area contributed by atoms with Crippen molar-refractivity contribution in [3.05, 3.63) is 58.6 Å². The summed E-state index contributed by atoms with van der Waals surface area (Å²) >= 11 is 5.99. The van der Waals surface area contributed by atoms with Crippen LogP contribution in [0.5, 0.6) is 5.75 Å². The largest absolute Gasteiger partial charge is 0.487 e. The van der Waals surface area contributed by atoms with Crippen LogP contribution in [0.3, 0.4) is 0 Å². The first kappa shape index (κ1) is 12.3. The van der Waals surface area contributed by atoms with E-state index < -0.39 is 0 Å². The molecule has 2 aromatic rings. The molecule has 18 heavy (non-hydrogen) atoms. The molecule has 3 nitrogen and oxygen atoms in total. The van der Waals surface area contributed by atoms with E-state index in [1.165, 1.54) is 0 Å². The maximum atomic E-state index is 8.80. The van der Waals surface area contributed by atoms with Gasteiger partial charge in [-0.05, 0) is 29.8 Å². The second-order valence-corrected chi connectivity index (χ2v) is 4.20. The van der Waals surface area contributed by atoms with Gasteiger partial charge in [0.05, 0.1) is 16.7 Å². The van der Waals surface area contributed by atoms with Crippen molar-refractivity contribution in [2.75, 3.05) is 5.73 Å². The second-order valence-electron chi connectivity index (χ2n) is 3.79. The van der Waals surface area contributed by atoms with Crippen molar-refractivity contribution >= 4 is 17.3 Å². The molecule has 0 bridgehead atoms. The van der Waals surface area contributed by atoms with E-state index in [1.807, 2.05) is 12.1 Å². The maximum Gasteiger partial charge on any atom is 0.140 e. The highest BCUT2D eigenvalue weighted by molar-refractivity contribution is 6.32. The van der Waals surface area contributed by atoms with Gasteiger partial charge in [0.1, 0.15) is 12.4 Å². The summed E-state index contributed by atoms with van der Waals surface area (Å²) in [4.78, 5) is 0. The van der Waals surface area contributed by atoms with E-state index in [1.54, 1.807) is 30.3 Å². The lowest BCUT2D eigenvalue weighted by Gasteiger charge is -2.08. The molecule has 4 heteroatoms. The first-order chi connectivity index (χ1) is 8.69. The number of hydrogen-bond acceptors (Lipinski definition) is 3. The Hall–Kier alpha value is -2.18. The lowest BCUT2D eigenvalue weighted by atomic mass is 10.1. The molecule has 0 saturated heterocycles. The Morgan fingerprint density at radius 3 is 2.83 bits per heavy atom. The van der Waals surface area contributed by atoms with Crippen molar-refractivity contribution in [1.29, 1.82) is 5.26 Å². The van der Waals surface area contributed by atoms with Gasteiger partial charge in [0.25, 0.3) is 0 Å². The third-order valence-corrected chi connectivity index (χ3v) is 2.72. The van der Waals surface area contributed by atoms with E-state index >= 15 is 0 Å². The van der Waals surface area contributed by atoms with Gasteiger partial charge >= 0.3 is 0 Å².